The van der Waals surface area contributed by atoms with E-state index in [1.807, 2.05) is 6.07 Å². The number of allylic oxidation sites excluding steroid dienone is 1. The van der Waals surface area contributed by atoms with E-state index >= 15 is 0 Å². The number of rotatable bonds is 5. The molecule has 0 bridgehead atoms. The largest absolute Gasteiger partial charge is 0.502 e. The molecule has 126 valence electrons. The third kappa shape index (κ3) is 4.30. The summed E-state index contributed by atoms with van der Waals surface area (Å²) in [6.07, 6.45) is 3.56. The van der Waals surface area contributed by atoms with Gasteiger partial charge < -0.3 is 5.11 Å². The molecule has 0 fully saturated rings. The molecule has 1 aromatic heterocycles. The van der Waals surface area contributed by atoms with Crippen LogP contribution < -0.4 is 9.47 Å². The van der Waals surface area contributed by atoms with E-state index in [1.54, 1.807) is 55.8 Å². The second-order valence-corrected chi connectivity index (χ2v) is 5.46. The van der Waals surface area contributed by atoms with Crippen LogP contribution in [0.4, 0.5) is 10.5 Å². The van der Waals surface area contributed by atoms with Crippen molar-refractivity contribution >= 4 is 23.3 Å². The minimum atomic E-state index is -0.886. The van der Waals surface area contributed by atoms with Gasteiger partial charge in [-0.3, -0.25) is 4.79 Å². The van der Waals surface area contributed by atoms with E-state index in [2.05, 4.69) is 6.58 Å². The number of nitriles is 1. The number of aromatic nitrogens is 1. The van der Waals surface area contributed by atoms with Crippen LogP contribution in [0.2, 0.25) is 0 Å². The fourth-order valence-electron chi connectivity index (χ4n) is 2.40. The van der Waals surface area contributed by atoms with Gasteiger partial charge >= 0.3 is 12.0 Å². The zero-order chi connectivity index (χ0) is 18.4. The minimum Gasteiger partial charge on any atom is -0.481 e. The van der Waals surface area contributed by atoms with Crippen LogP contribution in [0.3, 0.4) is 0 Å². The normalized spacial score (nSPS) is 9.92. The predicted octanol–water partition coefficient (Wildman–Crippen LogP) is 2.63. The van der Waals surface area contributed by atoms with E-state index in [-0.39, 0.29) is 18.0 Å². The average molecular weight is 336 g/mol. The first kappa shape index (κ1) is 17.9. The molecule has 6 nitrogen and oxygen atoms in total. The monoisotopic (exact) mass is 336 g/mol. The molecule has 0 aliphatic heterocycles. The Hall–Kier alpha value is -3.46. The van der Waals surface area contributed by atoms with Crippen molar-refractivity contribution in [2.45, 2.75) is 12.8 Å². The molecule has 0 radical (unpaired) electrons. The average Bonchev–Trinajstić information content (AvgIpc) is 2.64. The van der Waals surface area contributed by atoms with E-state index in [0.29, 0.717) is 17.7 Å². The fourth-order valence-corrected chi connectivity index (χ4v) is 2.40. The van der Waals surface area contributed by atoms with Crippen molar-refractivity contribution < 1.29 is 19.3 Å². The Morgan fingerprint density at radius 3 is 2.68 bits per heavy atom. The van der Waals surface area contributed by atoms with Gasteiger partial charge in [0, 0.05) is 12.0 Å². The number of aryl methyl sites for hydroxylation is 1. The van der Waals surface area contributed by atoms with Crippen molar-refractivity contribution in [3.63, 3.8) is 0 Å². The molecule has 0 aliphatic carbocycles. The van der Waals surface area contributed by atoms with E-state index in [9.17, 15) is 9.59 Å². The first-order valence-electron chi connectivity index (χ1n) is 7.62. The summed E-state index contributed by atoms with van der Waals surface area (Å²) in [5.41, 5.74) is 2.18. The number of hydrogen-bond acceptors (Lipinski definition) is 3. The second-order valence-electron chi connectivity index (χ2n) is 5.46. The van der Waals surface area contributed by atoms with Crippen LogP contribution in [0.5, 0.6) is 0 Å². The third-order valence-corrected chi connectivity index (χ3v) is 3.72. The fraction of sp³-hybridized carbons (Fsp3) is 0.158. The van der Waals surface area contributed by atoms with Crippen LogP contribution in [-0.4, -0.2) is 24.2 Å². The van der Waals surface area contributed by atoms with Crippen LogP contribution in [0, 0.1) is 11.3 Å². The van der Waals surface area contributed by atoms with Crippen LogP contribution in [0.1, 0.15) is 17.5 Å². The molecule has 0 unspecified atom stereocenters. The summed E-state index contributed by atoms with van der Waals surface area (Å²) in [6.45, 7) is 3.71. The van der Waals surface area contributed by atoms with Gasteiger partial charge in [0.25, 0.3) is 0 Å². The molecule has 0 spiro atoms. The number of anilines is 1. The van der Waals surface area contributed by atoms with E-state index < -0.39 is 5.97 Å². The van der Waals surface area contributed by atoms with Gasteiger partial charge in [-0.1, -0.05) is 24.8 Å². The van der Waals surface area contributed by atoms with Crippen molar-refractivity contribution in [2.24, 2.45) is 0 Å². The minimum absolute atomic E-state index is 0.00112. The molecule has 2 rings (SSSR count). The van der Waals surface area contributed by atoms with Gasteiger partial charge in [-0.05, 0) is 30.2 Å². The number of hydrogen-bond donors (Lipinski definition) is 1. The number of para-hydroxylation sites is 1. The first-order chi connectivity index (χ1) is 11.9. The van der Waals surface area contributed by atoms with Crippen LogP contribution in [0.15, 0.2) is 55.4 Å². The van der Waals surface area contributed by atoms with Crippen molar-refractivity contribution in [3.05, 3.63) is 66.5 Å². The van der Waals surface area contributed by atoms with Crippen LogP contribution in [0.25, 0.3) is 5.57 Å². The molecule has 0 atom stereocenters. The summed E-state index contributed by atoms with van der Waals surface area (Å²) < 4.78 is 1.39. The molecule has 0 aliphatic rings. The highest BCUT2D eigenvalue weighted by Crippen LogP contribution is 2.25. The highest BCUT2D eigenvalue weighted by Gasteiger charge is 2.25. The number of carboxylic acid groups (broad SMARTS) is 1. The molecule has 1 aromatic carbocycles. The number of pyridine rings is 1. The quantitative estimate of drug-likeness (QED) is 0.672. The second kappa shape index (κ2) is 7.88. The van der Waals surface area contributed by atoms with Gasteiger partial charge in [-0.15, -0.1) is 0 Å². The Bertz CT molecular complexity index is 868. The lowest BCUT2D eigenvalue weighted by Gasteiger charge is -2.13. The number of carbonyl (C=O) groups is 2. The molecule has 25 heavy (non-hydrogen) atoms. The number of benzene rings is 1. The maximum atomic E-state index is 12.8. The highest BCUT2D eigenvalue weighted by atomic mass is 16.4. The predicted molar refractivity (Wildman–Crippen MR) is 92.9 cm³/mol. The molecule has 1 amide bonds. The van der Waals surface area contributed by atoms with Crippen molar-refractivity contribution in [1.82, 2.24) is 0 Å². The zero-order valence-corrected chi connectivity index (χ0v) is 13.8. The van der Waals surface area contributed by atoms with Gasteiger partial charge in [-0.25, -0.2) is 0 Å². The molecule has 0 saturated heterocycles. The Morgan fingerprint density at radius 2 is 2.00 bits per heavy atom. The SMILES string of the molecule is C=C(C#N)c1ccccc1N(C)C(=O)[n+]1cccc(CCC(=O)O)c1. The summed E-state index contributed by atoms with van der Waals surface area (Å²) in [5.74, 6) is -0.886. The van der Waals surface area contributed by atoms with Gasteiger partial charge in [0.15, 0.2) is 0 Å². The Labute approximate surface area is 145 Å². The lowest BCUT2D eigenvalue weighted by Crippen LogP contribution is -2.51. The Morgan fingerprint density at radius 1 is 1.28 bits per heavy atom. The standard InChI is InChI=1S/C19H17N3O3/c1-14(12-20)16-7-3-4-8-17(16)21(2)19(25)22-11-5-6-15(13-22)9-10-18(23)24/h3-8,11,13H,1,9-10H2,2H3/p+1. The van der Waals surface area contributed by atoms with Gasteiger partial charge in [0.2, 0.25) is 0 Å². The summed E-state index contributed by atoms with van der Waals surface area (Å²) >= 11 is 0. The number of carbonyl (C=O) groups excluding carboxylic acids is 1. The smallest absolute Gasteiger partial charge is 0.481 e. The third-order valence-electron chi connectivity index (χ3n) is 3.72. The lowest BCUT2D eigenvalue weighted by molar-refractivity contribution is -0.570. The summed E-state index contributed by atoms with van der Waals surface area (Å²) in [7, 11) is 1.61. The van der Waals surface area contributed by atoms with Gasteiger partial charge in [-0.2, -0.15) is 19.5 Å². The summed E-state index contributed by atoms with van der Waals surface area (Å²) in [4.78, 5) is 24.9. The van der Waals surface area contributed by atoms with Gasteiger partial charge in [0.05, 0.1) is 24.9 Å². The number of aliphatic carboxylic acids is 1. The number of nitrogens with zero attached hydrogens (tertiary/aromatic N) is 3. The Balaban J connectivity index is 2.29. The Kier molecular flexibility index (Phi) is 5.64. The van der Waals surface area contributed by atoms with Crippen molar-refractivity contribution in [2.75, 3.05) is 11.9 Å². The zero-order valence-electron chi connectivity index (χ0n) is 13.8. The molecular formula is C19H18N3O3+. The van der Waals surface area contributed by atoms with Crippen LogP contribution >= 0.6 is 0 Å². The lowest BCUT2D eigenvalue weighted by atomic mass is 10.1. The topological polar surface area (TPSA) is 85.3 Å². The number of carboxylic acids is 1. The van der Waals surface area contributed by atoms with E-state index in [1.165, 1.54) is 9.47 Å². The molecule has 6 heteroatoms. The summed E-state index contributed by atoms with van der Waals surface area (Å²) in [6, 6.07) is 12.2. The maximum absolute atomic E-state index is 12.8. The first-order valence-corrected chi connectivity index (χ1v) is 7.62. The van der Waals surface area contributed by atoms with Crippen LogP contribution in [-0.2, 0) is 11.2 Å². The number of amides is 1. The molecule has 2 aromatic rings. The van der Waals surface area contributed by atoms with Crippen molar-refractivity contribution in [1.29, 1.82) is 5.26 Å². The van der Waals surface area contributed by atoms with E-state index in [4.69, 9.17) is 10.4 Å². The van der Waals surface area contributed by atoms with Crippen molar-refractivity contribution in [3.8, 4) is 6.07 Å². The summed E-state index contributed by atoms with van der Waals surface area (Å²) in [5, 5.41) is 17.9. The molecule has 1 heterocycles. The van der Waals surface area contributed by atoms with Gasteiger partial charge in [0.1, 0.15) is 11.9 Å². The molecule has 0 saturated carbocycles. The molecular weight excluding hydrogens is 318 g/mol. The maximum Gasteiger partial charge on any atom is 0.502 e. The van der Waals surface area contributed by atoms with E-state index in [0.717, 1.165) is 5.56 Å². The highest BCUT2D eigenvalue weighted by molar-refractivity contribution is 5.92. The molecule has 1 N–H and O–H groups in total.